The minimum Gasteiger partial charge on any atom is -0.507 e. The van der Waals surface area contributed by atoms with E-state index in [0.717, 1.165) is 23.4 Å². The number of hydrogen-bond donors (Lipinski definition) is 2. The average molecular weight is 416 g/mol. The van der Waals surface area contributed by atoms with Gasteiger partial charge < -0.3 is 19.9 Å². The summed E-state index contributed by atoms with van der Waals surface area (Å²) >= 11 is 5.69. The van der Waals surface area contributed by atoms with Crippen molar-refractivity contribution in [2.24, 2.45) is 0 Å². The molecule has 0 bridgehead atoms. The van der Waals surface area contributed by atoms with Gasteiger partial charge in [-0.25, -0.2) is 4.39 Å². The first-order valence-electron chi connectivity index (χ1n) is 8.82. The molecule has 0 fully saturated rings. The van der Waals surface area contributed by atoms with Crippen LogP contribution in [0.5, 0.6) is 17.2 Å². The Bertz CT molecular complexity index is 1030. The zero-order valence-corrected chi connectivity index (χ0v) is 16.4. The highest BCUT2D eigenvalue weighted by Crippen LogP contribution is 2.26. The molecule has 1 amide bonds. The minimum absolute atomic E-state index is 0.126. The Morgan fingerprint density at radius 3 is 2.72 bits per heavy atom. The summed E-state index contributed by atoms with van der Waals surface area (Å²) in [6.07, 6.45) is 0.655. The third-order valence-electron chi connectivity index (χ3n) is 4.21. The van der Waals surface area contributed by atoms with Crippen LogP contribution in [0.4, 0.5) is 10.1 Å². The molecule has 3 rings (SSSR count). The minimum atomic E-state index is -0.800. The molecule has 7 heteroatoms. The fraction of sp³-hybridized carbons (Fsp3) is 0.136. The Kier molecular flexibility index (Phi) is 6.57. The number of nitrogens with one attached hydrogen (secondary N) is 1. The largest absolute Gasteiger partial charge is 0.507 e. The number of para-hydroxylation sites is 1. The molecule has 2 N–H and O–H groups in total. The van der Waals surface area contributed by atoms with E-state index in [2.05, 4.69) is 5.32 Å². The van der Waals surface area contributed by atoms with E-state index in [1.807, 2.05) is 24.3 Å². The number of amides is 1. The van der Waals surface area contributed by atoms with E-state index in [0.29, 0.717) is 24.5 Å². The summed E-state index contributed by atoms with van der Waals surface area (Å²) in [4.78, 5) is 12.4. The fourth-order valence-corrected chi connectivity index (χ4v) is 2.93. The second-order valence-electron chi connectivity index (χ2n) is 6.18. The number of phenols is 1. The molecule has 150 valence electrons. The van der Waals surface area contributed by atoms with E-state index in [9.17, 15) is 14.3 Å². The van der Waals surface area contributed by atoms with Gasteiger partial charge in [-0.15, -0.1) is 0 Å². The summed E-state index contributed by atoms with van der Waals surface area (Å²) in [6.45, 7) is 0.423. The molecule has 3 aromatic rings. The molecule has 0 aliphatic heterocycles. The molecular formula is C22H19ClFNO4. The van der Waals surface area contributed by atoms with Crippen molar-refractivity contribution in [2.45, 2.75) is 6.42 Å². The number of methoxy groups -OCH3 is 1. The molecular weight excluding hydrogens is 397 g/mol. The zero-order chi connectivity index (χ0) is 20.8. The fourth-order valence-electron chi connectivity index (χ4n) is 2.77. The normalized spacial score (nSPS) is 10.4. The molecule has 29 heavy (non-hydrogen) atoms. The Morgan fingerprint density at radius 2 is 1.93 bits per heavy atom. The highest BCUT2D eigenvalue weighted by atomic mass is 35.5. The van der Waals surface area contributed by atoms with Crippen molar-refractivity contribution in [3.8, 4) is 17.2 Å². The number of anilines is 1. The van der Waals surface area contributed by atoms with Gasteiger partial charge in [-0.2, -0.15) is 0 Å². The second kappa shape index (κ2) is 9.30. The molecule has 0 radical (unpaired) electrons. The predicted molar refractivity (Wildman–Crippen MR) is 110 cm³/mol. The van der Waals surface area contributed by atoms with Gasteiger partial charge in [0.25, 0.3) is 5.91 Å². The van der Waals surface area contributed by atoms with Gasteiger partial charge in [0, 0.05) is 24.2 Å². The smallest absolute Gasteiger partial charge is 0.259 e. The number of carbonyl (C=O) groups excluding carboxylic acids is 1. The third kappa shape index (κ3) is 5.18. The molecule has 0 aliphatic carbocycles. The Hall–Kier alpha value is -3.25. The lowest BCUT2D eigenvalue weighted by molar-refractivity contribution is 0.102. The molecule has 0 spiro atoms. The van der Waals surface area contributed by atoms with Crippen molar-refractivity contribution in [3.05, 3.63) is 82.6 Å². The highest BCUT2D eigenvalue weighted by Gasteiger charge is 2.15. The predicted octanol–water partition coefficient (Wildman–Crippen LogP) is 5.07. The van der Waals surface area contributed by atoms with Crippen molar-refractivity contribution in [1.82, 2.24) is 0 Å². The Labute approximate surface area is 172 Å². The van der Waals surface area contributed by atoms with Crippen LogP contribution >= 0.6 is 11.6 Å². The SMILES string of the molecule is COc1ccccc1CCOc1cccc(NC(=O)c2cc(Cl)c(F)cc2O)c1. The van der Waals surface area contributed by atoms with Crippen molar-refractivity contribution in [1.29, 1.82) is 0 Å². The molecule has 0 aromatic heterocycles. The first-order chi connectivity index (χ1) is 14.0. The van der Waals surface area contributed by atoms with Gasteiger partial charge in [0.15, 0.2) is 0 Å². The summed E-state index contributed by atoms with van der Waals surface area (Å²) in [7, 11) is 1.62. The lowest BCUT2D eigenvalue weighted by Gasteiger charge is -2.11. The molecule has 0 atom stereocenters. The van der Waals surface area contributed by atoms with E-state index in [1.165, 1.54) is 0 Å². The van der Waals surface area contributed by atoms with Crippen LogP contribution in [0.15, 0.2) is 60.7 Å². The monoisotopic (exact) mass is 415 g/mol. The number of carbonyl (C=O) groups is 1. The van der Waals surface area contributed by atoms with Crippen LogP contribution in [0, 0.1) is 5.82 Å². The molecule has 0 unspecified atom stereocenters. The number of hydrogen-bond acceptors (Lipinski definition) is 4. The van der Waals surface area contributed by atoms with Gasteiger partial charge in [0.05, 0.1) is 24.3 Å². The maximum absolute atomic E-state index is 13.3. The Balaban J connectivity index is 1.64. The average Bonchev–Trinajstić information content (AvgIpc) is 2.71. The number of halogens is 2. The maximum atomic E-state index is 13.3. The molecule has 3 aromatic carbocycles. The van der Waals surface area contributed by atoms with Crippen LogP contribution < -0.4 is 14.8 Å². The van der Waals surface area contributed by atoms with Gasteiger partial charge in [0.2, 0.25) is 0 Å². The van der Waals surface area contributed by atoms with E-state index in [1.54, 1.807) is 31.4 Å². The summed E-state index contributed by atoms with van der Waals surface area (Å²) in [5, 5.41) is 12.2. The topological polar surface area (TPSA) is 67.8 Å². The summed E-state index contributed by atoms with van der Waals surface area (Å²) in [5.41, 5.74) is 1.37. The van der Waals surface area contributed by atoms with Gasteiger partial charge in [-0.1, -0.05) is 35.9 Å². The van der Waals surface area contributed by atoms with Crippen LogP contribution in [-0.4, -0.2) is 24.7 Å². The van der Waals surface area contributed by atoms with Crippen LogP contribution in [0.3, 0.4) is 0 Å². The summed E-state index contributed by atoms with van der Waals surface area (Å²) in [6, 6.07) is 16.4. The summed E-state index contributed by atoms with van der Waals surface area (Å²) in [5.74, 6) is -0.538. The summed E-state index contributed by atoms with van der Waals surface area (Å²) < 4.78 is 24.4. The standard InChI is InChI=1S/C22H19ClFNO4/c1-28-21-8-3-2-5-14(21)9-10-29-16-7-4-6-15(11-16)25-22(27)17-12-18(23)19(24)13-20(17)26/h2-8,11-13,26H,9-10H2,1H3,(H,25,27). The van der Waals surface area contributed by atoms with Crippen molar-refractivity contribution < 1.29 is 23.8 Å². The first kappa shape index (κ1) is 20.5. The maximum Gasteiger partial charge on any atom is 0.259 e. The van der Waals surface area contributed by atoms with Gasteiger partial charge >= 0.3 is 0 Å². The van der Waals surface area contributed by atoms with Crippen molar-refractivity contribution in [2.75, 3.05) is 19.0 Å². The van der Waals surface area contributed by atoms with Crippen molar-refractivity contribution >= 4 is 23.2 Å². The lowest BCUT2D eigenvalue weighted by atomic mass is 10.1. The number of phenolic OH excluding ortho intramolecular Hbond substituents is 1. The van der Waals surface area contributed by atoms with E-state index >= 15 is 0 Å². The van der Waals surface area contributed by atoms with Crippen LogP contribution in [-0.2, 0) is 6.42 Å². The highest BCUT2D eigenvalue weighted by molar-refractivity contribution is 6.31. The first-order valence-corrected chi connectivity index (χ1v) is 9.20. The number of ether oxygens (including phenoxy) is 2. The van der Waals surface area contributed by atoms with E-state index in [4.69, 9.17) is 21.1 Å². The zero-order valence-electron chi connectivity index (χ0n) is 15.6. The lowest BCUT2D eigenvalue weighted by Crippen LogP contribution is -2.12. The van der Waals surface area contributed by atoms with Gasteiger partial charge in [0.1, 0.15) is 23.1 Å². The number of rotatable bonds is 7. The number of aromatic hydroxyl groups is 1. The molecule has 0 saturated heterocycles. The van der Waals surface area contributed by atoms with Crippen LogP contribution in [0.2, 0.25) is 5.02 Å². The second-order valence-corrected chi connectivity index (χ2v) is 6.58. The van der Waals surface area contributed by atoms with Crippen LogP contribution in [0.1, 0.15) is 15.9 Å². The molecule has 5 nitrogen and oxygen atoms in total. The Morgan fingerprint density at radius 1 is 1.14 bits per heavy atom. The number of benzene rings is 3. The van der Waals surface area contributed by atoms with Crippen LogP contribution in [0.25, 0.3) is 0 Å². The van der Waals surface area contributed by atoms with Crippen molar-refractivity contribution in [3.63, 3.8) is 0 Å². The third-order valence-corrected chi connectivity index (χ3v) is 4.50. The molecule has 0 saturated carbocycles. The van der Waals surface area contributed by atoms with E-state index < -0.39 is 17.5 Å². The van der Waals surface area contributed by atoms with Gasteiger partial charge in [-0.05, 0) is 29.8 Å². The molecule has 0 heterocycles. The van der Waals surface area contributed by atoms with E-state index in [-0.39, 0.29) is 10.6 Å². The van der Waals surface area contributed by atoms with Gasteiger partial charge in [-0.3, -0.25) is 4.79 Å². The quantitative estimate of drug-likeness (QED) is 0.565. The molecule has 0 aliphatic rings.